The van der Waals surface area contributed by atoms with Crippen molar-refractivity contribution in [2.24, 2.45) is 0 Å². The van der Waals surface area contributed by atoms with Crippen LogP contribution in [0.4, 0.5) is 0 Å². The van der Waals surface area contributed by atoms with Gasteiger partial charge >= 0.3 is 71.1 Å². The summed E-state index contributed by atoms with van der Waals surface area (Å²) in [5.74, 6) is -1.76. The molecule has 2 unspecified atom stereocenters. The van der Waals surface area contributed by atoms with Crippen LogP contribution in [0.2, 0.25) is 0 Å². The summed E-state index contributed by atoms with van der Waals surface area (Å²) in [6.45, 7) is 4.47. The number of esters is 2. The first-order chi connectivity index (χ1) is 22.9. The molecule has 0 aromatic carbocycles. The Kier molecular flexibility index (Phi) is 45.4. The van der Waals surface area contributed by atoms with Crippen LogP contribution in [-0.2, 0) is 39.3 Å². The number of ether oxygens (including phenoxy) is 2. The first kappa shape index (κ1) is 57.5. The molecule has 288 valence electrons. The zero-order valence-electron chi connectivity index (χ0n) is 32.9. The molecule has 2 atom stereocenters. The summed E-state index contributed by atoms with van der Waals surface area (Å²) in [5, 5.41) is -2.87. The Bertz CT molecular complexity index is 979. The van der Waals surface area contributed by atoms with Crippen molar-refractivity contribution < 1.29 is 104 Å². The van der Waals surface area contributed by atoms with Gasteiger partial charge in [-0.05, 0) is 12.8 Å². The Morgan fingerprint density at radius 3 is 0.760 bits per heavy atom. The van der Waals surface area contributed by atoms with Crippen LogP contribution in [-0.4, -0.2) is 62.6 Å². The summed E-state index contributed by atoms with van der Waals surface area (Å²) in [6, 6.07) is 0. The first-order valence-corrected chi connectivity index (χ1v) is 22.0. The molecule has 0 saturated heterocycles. The van der Waals surface area contributed by atoms with E-state index in [9.17, 15) is 26.4 Å². The van der Waals surface area contributed by atoms with Crippen molar-refractivity contribution in [2.75, 3.05) is 14.2 Å². The zero-order valence-corrected chi connectivity index (χ0v) is 38.6. The van der Waals surface area contributed by atoms with E-state index in [1.807, 2.05) is 0 Å². The molecule has 0 aromatic heterocycles. The molecule has 50 heavy (non-hydrogen) atoms. The molecule has 0 fully saturated rings. The maximum absolute atomic E-state index is 11.4. The second-order valence-corrected chi connectivity index (χ2v) is 16.3. The van der Waals surface area contributed by atoms with E-state index in [0.717, 1.165) is 52.7 Å². The van der Waals surface area contributed by atoms with Crippen molar-refractivity contribution in [3.05, 3.63) is 0 Å². The maximum Gasteiger partial charge on any atom is 1.00 e. The molecule has 0 amide bonds. The van der Waals surface area contributed by atoms with Gasteiger partial charge < -0.3 is 9.47 Å². The third kappa shape index (κ3) is 37.1. The van der Waals surface area contributed by atoms with Gasteiger partial charge in [0.15, 0.2) is 10.5 Å². The van der Waals surface area contributed by atoms with Crippen LogP contribution in [0, 0.1) is 0 Å². The van der Waals surface area contributed by atoms with Crippen molar-refractivity contribution in [1.82, 2.24) is 0 Å². The Balaban J connectivity index is -0.000000408. The molecular weight excluding hydrogens is 703 g/mol. The smallest absolute Gasteiger partial charge is 0.468 e. The molecule has 14 heteroatoms. The van der Waals surface area contributed by atoms with Gasteiger partial charge in [0.05, 0.1) is 14.2 Å². The van der Waals surface area contributed by atoms with Gasteiger partial charge in [0.1, 0.15) is 0 Å². The van der Waals surface area contributed by atoms with Gasteiger partial charge in [-0.15, -0.1) is 0 Å². The topological polar surface area (TPSA) is 161 Å². The molecule has 0 aromatic rings. The summed E-state index contributed by atoms with van der Waals surface area (Å²) in [7, 11) is -6.48. The molecule has 2 N–H and O–H groups in total. The van der Waals surface area contributed by atoms with Gasteiger partial charge in [-0.3, -0.25) is 18.7 Å². The molecule has 0 aliphatic rings. The summed E-state index contributed by atoms with van der Waals surface area (Å²) in [5.41, 5.74) is 0. The number of carbonyl (C=O) groups excluding carboxylic acids is 2. The van der Waals surface area contributed by atoms with E-state index in [2.05, 4.69) is 23.3 Å². The fourth-order valence-electron chi connectivity index (χ4n) is 5.73. The molecule has 0 aliphatic heterocycles. The van der Waals surface area contributed by atoms with Gasteiger partial charge in [0.2, 0.25) is 0 Å². The summed E-state index contributed by atoms with van der Waals surface area (Å²) in [6.07, 6.45) is 31.3. The average Bonchev–Trinajstić information content (AvgIpc) is 3.03. The van der Waals surface area contributed by atoms with Crippen LogP contribution in [0.15, 0.2) is 0 Å². The van der Waals surface area contributed by atoms with E-state index in [1.54, 1.807) is 0 Å². The Hall–Kier alpha value is 0.760. The van der Waals surface area contributed by atoms with Crippen molar-refractivity contribution >= 4 is 32.2 Å². The standard InChI is InChI=1S/C19H38O5S.C17H34O5S.2Na/c1-3-4-5-6-7-8-9-10-11-12-13-14-15-16-17-18(19(20)24-2)25(21,22)23;1-3-4-5-6-7-8-9-10-11-12-13-14-15-16(17(18)22-2)23(19,20)21;;/h18H,3-17H2,1-2H3,(H,21,22,23);16H,3-15H2,1-2H3,(H,19,20,21);;/q;;2*+1. The van der Waals surface area contributed by atoms with Gasteiger partial charge in [0.25, 0.3) is 20.2 Å². The molecule has 10 nitrogen and oxygen atoms in total. The van der Waals surface area contributed by atoms with Crippen LogP contribution >= 0.6 is 0 Å². The van der Waals surface area contributed by atoms with Crippen LogP contribution in [0.1, 0.15) is 194 Å². The van der Waals surface area contributed by atoms with Gasteiger partial charge in [-0.25, -0.2) is 0 Å². The van der Waals surface area contributed by atoms with E-state index < -0.39 is 42.7 Å². The normalized spacial score (nSPS) is 12.4. The first-order valence-electron chi connectivity index (χ1n) is 18.9. The average molecular weight is 775 g/mol. The van der Waals surface area contributed by atoms with E-state index in [-0.39, 0.29) is 72.0 Å². The molecule has 0 heterocycles. The minimum absolute atomic E-state index is 0. The molecule has 0 bridgehead atoms. The molecular formula is C36H72Na2O10S2+2. The van der Waals surface area contributed by atoms with E-state index in [4.69, 9.17) is 9.11 Å². The number of methoxy groups -OCH3 is 2. The Morgan fingerprint density at radius 2 is 0.600 bits per heavy atom. The predicted molar refractivity (Wildman–Crippen MR) is 195 cm³/mol. The second kappa shape index (κ2) is 39.5. The molecule has 0 saturated carbocycles. The monoisotopic (exact) mass is 774 g/mol. The van der Waals surface area contributed by atoms with Crippen molar-refractivity contribution in [1.29, 1.82) is 0 Å². The number of hydrogen-bond donors (Lipinski definition) is 2. The summed E-state index contributed by atoms with van der Waals surface area (Å²) in [4.78, 5) is 22.7. The van der Waals surface area contributed by atoms with Crippen LogP contribution < -0.4 is 59.1 Å². The fraction of sp³-hybridized carbons (Fsp3) is 0.944. The zero-order chi connectivity index (χ0) is 36.5. The van der Waals surface area contributed by atoms with E-state index in [0.29, 0.717) is 12.8 Å². The van der Waals surface area contributed by atoms with Crippen LogP contribution in [0.3, 0.4) is 0 Å². The SMILES string of the molecule is CCCCCCCCCCCCCCC(C(=O)OC)S(=O)(=O)O.CCCCCCCCCCCCCCCCC(C(=O)OC)S(=O)(=O)O.[Na+].[Na+]. The summed E-state index contributed by atoms with van der Waals surface area (Å²) < 4.78 is 71.5. The third-order valence-electron chi connectivity index (χ3n) is 8.79. The molecule has 0 rings (SSSR count). The largest absolute Gasteiger partial charge is 1.00 e. The molecule has 0 aliphatic carbocycles. The van der Waals surface area contributed by atoms with Crippen molar-refractivity contribution in [2.45, 2.75) is 204 Å². The van der Waals surface area contributed by atoms with Gasteiger partial charge in [-0.2, -0.15) is 16.8 Å². The Labute approximate surface area is 351 Å². The van der Waals surface area contributed by atoms with Crippen molar-refractivity contribution in [3.8, 4) is 0 Å². The molecule has 0 radical (unpaired) electrons. The number of rotatable bonds is 32. The van der Waals surface area contributed by atoms with E-state index >= 15 is 0 Å². The fourth-order valence-corrected chi connectivity index (χ4v) is 7.34. The minimum Gasteiger partial charge on any atom is -0.468 e. The van der Waals surface area contributed by atoms with Crippen LogP contribution in [0.5, 0.6) is 0 Å². The minimum atomic E-state index is -4.37. The summed E-state index contributed by atoms with van der Waals surface area (Å²) >= 11 is 0. The van der Waals surface area contributed by atoms with E-state index in [1.165, 1.54) is 116 Å². The number of hydrogen-bond acceptors (Lipinski definition) is 8. The van der Waals surface area contributed by atoms with Crippen LogP contribution in [0.25, 0.3) is 0 Å². The molecule has 0 spiro atoms. The predicted octanol–water partition coefficient (Wildman–Crippen LogP) is 3.80. The van der Waals surface area contributed by atoms with Crippen molar-refractivity contribution in [3.63, 3.8) is 0 Å². The second-order valence-electron chi connectivity index (χ2n) is 13.1. The quantitative estimate of drug-likeness (QED) is 0.0446. The Morgan fingerprint density at radius 1 is 0.420 bits per heavy atom. The maximum atomic E-state index is 11.4. The number of carbonyl (C=O) groups is 2. The van der Waals surface area contributed by atoms with Gasteiger partial charge in [0, 0.05) is 0 Å². The third-order valence-corrected chi connectivity index (χ3v) is 11.1. The number of unbranched alkanes of at least 4 members (excludes halogenated alkanes) is 24. The van der Waals surface area contributed by atoms with Gasteiger partial charge in [-0.1, -0.05) is 181 Å².